The summed E-state index contributed by atoms with van der Waals surface area (Å²) in [7, 11) is -3.81. The van der Waals surface area contributed by atoms with Crippen molar-refractivity contribution in [2.24, 2.45) is 0 Å². The maximum Gasteiger partial charge on any atom is 0.327 e. The second kappa shape index (κ2) is 5.78. The molecule has 2 heterocycles. The lowest BCUT2D eigenvalue weighted by atomic mass is 10.0. The van der Waals surface area contributed by atoms with Crippen molar-refractivity contribution < 1.29 is 32.6 Å². The maximum absolute atomic E-state index is 12.0. The predicted molar refractivity (Wildman–Crippen MR) is 79.7 cm³/mol. The van der Waals surface area contributed by atoms with Crippen LogP contribution in [0.3, 0.4) is 0 Å². The molecule has 2 aliphatic heterocycles. The number of nitrogens with one attached hydrogen (secondary N) is 1. The Kier molecular flexibility index (Phi) is 3.91. The molecule has 9 nitrogen and oxygen atoms in total. The number of carbonyl (C=O) groups is 3. The highest BCUT2D eigenvalue weighted by Gasteiger charge is 2.64. The molecule has 0 spiro atoms. The Bertz CT molecular complexity index is 793. The molecule has 2 N–H and O–H groups in total. The SMILES string of the molecule is O=C(COc1ccccc1)NC1C(=O)N2C(C(=O)O)CS(=O)(=O)[C@@H]12. The number of sulfone groups is 1. The molecule has 1 aromatic carbocycles. The van der Waals surface area contributed by atoms with Crippen molar-refractivity contribution in [1.82, 2.24) is 10.2 Å². The lowest BCUT2D eigenvalue weighted by Crippen LogP contribution is -2.72. The molecule has 2 saturated heterocycles. The number of hydrogen-bond acceptors (Lipinski definition) is 6. The maximum atomic E-state index is 12.0. The van der Waals surface area contributed by atoms with Gasteiger partial charge in [0.15, 0.2) is 21.8 Å². The van der Waals surface area contributed by atoms with Gasteiger partial charge in [-0.3, -0.25) is 9.59 Å². The second-order valence-electron chi connectivity index (χ2n) is 5.47. The van der Waals surface area contributed by atoms with Crippen LogP contribution in [0, 0.1) is 0 Å². The van der Waals surface area contributed by atoms with Crippen molar-refractivity contribution in [3.8, 4) is 5.75 Å². The van der Waals surface area contributed by atoms with Gasteiger partial charge in [0.25, 0.3) is 5.91 Å². The molecule has 0 aliphatic carbocycles. The van der Waals surface area contributed by atoms with Gasteiger partial charge >= 0.3 is 5.97 Å². The number of benzene rings is 1. The molecule has 0 bridgehead atoms. The molecule has 3 atom stereocenters. The normalized spacial score (nSPS) is 27.1. The molecule has 3 rings (SSSR count). The zero-order valence-electron chi connectivity index (χ0n) is 12.3. The first-order valence-corrected chi connectivity index (χ1v) is 8.76. The van der Waals surface area contributed by atoms with Crippen LogP contribution in [0.4, 0.5) is 0 Å². The van der Waals surface area contributed by atoms with Gasteiger partial charge in [-0.25, -0.2) is 13.2 Å². The molecule has 0 radical (unpaired) electrons. The van der Waals surface area contributed by atoms with Crippen LogP contribution in [0.25, 0.3) is 0 Å². The minimum atomic E-state index is -3.81. The molecule has 2 unspecified atom stereocenters. The first-order chi connectivity index (χ1) is 11.3. The molecule has 10 heteroatoms. The minimum absolute atomic E-state index is 0.386. The largest absolute Gasteiger partial charge is 0.484 e. The number of fused-ring (bicyclic) bond motifs is 1. The number of carboxylic acid groups (broad SMARTS) is 1. The van der Waals surface area contributed by atoms with Crippen LogP contribution in [-0.2, 0) is 24.2 Å². The van der Waals surface area contributed by atoms with Gasteiger partial charge in [-0.2, -0.15) is 0 Å². The molecule has 128 valence electrons. The Morgan fingerprint density at radius 3 is 2.58 bits per heavy atom. The summed E-state index contributed by atoms with van der Waals surface area (Å²) in [6, 6.07) is 5.82. The lowest BCUT2D eigenvalue weighted by Gasteiger charge is -2.42. The summed E-state index contributed by atoms with van der Waals surface area (Å²) >= 11 is 0. The summed E-state index contributed by atoms with van der Waals surface area (Å²) in [6.45, 7) is -0.386. The summed E-state index contributed by atoms with van der Waals surface area (Å²) in [5, 5.41) is 9.97. The fourth-order valence-electron chi connectivity index (χ4n) is 2.80. The van der Waals surface area contributed by atoms with Gasteiger partial charge < -0.3 is 20.1 Å². The predicted octanol–water partition coefficient (Wildman–Crippen LogP) is -1.40. The van der Waals surface area contributed by atoms with E-state index in [1.165, 1.54) is 0 Å². The summed E-state index contributed by atoms with van der Waals surface area (Å²) in [5.41, 5.74) is 0. The van der Waals surface area contributed by atoms with E-state index < -0.39 is 50.8 Å². The fraction of sp³-hybridized carbons (Fsp3) is 0.357. The summed E-state index contributed by atoms with van der Waals surface area (Å²) < 4.78 is 29.2. The smallest absolute Gasteiger partial charge is 0.327 e. The van der Waals surface area contributed by atoms with E-state index in [0.717, 1.165) is 4.90 Å². The van der Waals surface area contributed by atoms with E-state index in [2.05, 4.69) is 5.32 Å². The Morgan fingerprint density at radius 2 is 1.96 bits per heavy atom. The third kappa shape index (κ3) is 2.68. The number of amides is 2. The van der Waals surface area contributed by atoms with Crippen LogP contribution in [0.15, 0.2) is 30.3 Å². The minimum Gasteiger partial charge on any atom is -0.484 e. The van der Waals surface area contributed by atoms with Crippen molar-refractivity contribution in [2.45, 2.75) is 17.5 Å². The monoisotopic (exact) mass is 354 g/mol. The van der Waals surface area contributed by atoms with E-state index in [4.69, 9.17) is 9.84 Å². The fourth-order valence-corrected chi connectivity index (χ4v) is 4.94. The summed E-state index contributed by atoms with van der Waals surface area (Å²) in [5.74, 6) is -2.96. The second-order valence-corrected chi connectivity index (χ2v) is 7.61. The highest BCUT2D eigenvalue weighted by Crippen LogP contribution is 2.35. The number of nitrogens with zero attached hydrogens (tertiary/aromatic N) is 1. The highest BCUT2D eigenvalue weighted by molar-refractivity contribution is 7.92. The number of β-lactam (4-membered cyclic amide) rings is 1. The molecular weight excluding hydrogens is 340 g/mol. The van der Waals surface area contributed by atoms with Crippen molar-refractivity contribution in [2.75, 3.05) is 12.4 Å². The van der Waals surface area contributed by atoms with Crippen LogP contribution in [-0.4, -0.2) is 66.0 Å². The number of carbonyl (C=O) groups excluding carboxylic acids is 2. The Hall–Kier alpha value is -2.62. The first kappa shape index (κ1) is 16.2. The van der Waals surface area contributed by atoms with E-state index >= 15 is 0 Å². The van der Waals surface area contributed by atoms with Gasteiger partial charge in [0.1, 0.15) is 17.8 Å². The Labute approximate surface area is 137 Å². The average molecular weight is 354 g/mol. The van der Waals surface area contributed by atoms with Crippen molar-refractivity contribution in [3.05, 3.63) is 30.3 Å². The summed E-state index contributed by atoms with van der Waals surface area (Å²) in [6.07, 6.45) is 0. The Balaban J connectivity index is 1.63. The van der Waals surface area contributed by atoms with Crippen LogP contribution >= 0.6 is 0 Å². The van der Waals surface area contributed by atoms with Crippen molar-refractivity contribution in [1.29, 1.82) is 0 Å². The summed E-state index contributed by atoms with van der Waals surface area (Å²) in [4.78, 5) is 35.7. The standard InChI is InChI=1S/C14H14N2O7S/c17-10(6-23-8-4-2-1-3-5-8)15-11-12(18)16-9(14(19)20)7-24(21,22)13(11)16/h1-5,9,11,13H,6-7H2,(H,15,17)(H,19,20)/t9?,11?,13-/m0/s1. The molecule has 1 aromatic rings. The number of para-hydroxylation sites is 1. The number of aliphatic carboxylic acids is 1. The van der Waals surface area contributed by atoms with Gasteiger partial charge in [-0.1, -0.05) is 18.2 Å². The van der Waals surface area contributed by atoms with Crippen molar-refractivity contribution in [3.63, 3.8) is 0 Å². The number of rotatable bonds is 5. The van der Waals surface area contributed by atoms with E-state index in [1.54, 1.807) is 30.3 Å². The van der Waals surface area contributed by atoms with Gasteiger partial charge in [0.05, 0.1) is 5.75 Å². The van der Waals surface area contributed by atoms with Gasteiger partial charge in [-0.15, -0.1) is 0 Å². The third-order valence-electron chi connectivity index (χ3n) is 3.89. The topological polar surface area (TPSA) is 130 Å². The quantitative estimate of drug-likeness (QED) is 0.622. The molecule has 0 saturated carbocycles. The molecule has 0 aromatic heterocycles. The van der Waals surface area contributed by atoms with Crippen LogP contribution in [0.5, 0.6) is 5.75 Å². The van der Waals surface area contributed by atoms with Crippen LogP contribution < -0.4 is 10.1 Å². The van der Waals surface area contributed by atoms with Gasteiger partial charge in [0.2, 0.25) is 5.91 Å². The molecule has 24 heavy (non-hydrogen) atoms. The van der Waals surface area contributed by atoms with Gasteiger partial charge in [-0.05, 0) is 12.1 Å². The van der Waals surface area contributed by atoms with E-state index in [-0.39, 0.29) is 6.61 Å². The van der Waals surface area contributed by atoms with Crippen LogP contribution in [0.2, 0.25) is 0 Å². The van der Waals surface area contributed by atoms with Gasteiger partial charge in [0, 0.05) is 0 Å². The molecule has 2 aliphatic rings. The number of hydrogen-bond donors (Lipinski definition) is 2. The zero-order chi connectivity index (χ0) is 17.5. The molecule has 2 amide bonds. The molecule has 2 fully saturated rings. The van der Waals surface area contributed by atoms with E-state index in [1.807, 2.05) is 0 Å². The van der Waals surface area contributed by atoms with E-state index in [9.17, 15) is 22.8 Å². The van der Waals surface area contributed by atoms with Crippen molar-refractivity contribution >= 4 is 27.6 Å². The Morgan fingerprint density at radius 1 is 1.29 bits per heavy atom. The first-order valence-electron chi connectivity index (χ1n) is 7.05. The number of carboxylic acids is 1. The molecular formula is C14H14N2O7S. The average Bonchev–Trinajstić information content (AvgIpc) is 2.80. The lowest BCUT2D eigenvalue weighted by molar-refractivity contribution is -0.159. The highest BCUT2D eigenvalue weighted by atomic mass is 32.2. The zero-order valence-corrected chi connectivity index (χ0v) is 13.1. The van der Waals surface area contributed by atoms with E-state index in [0.29, 0.717) is 5.75 Å². The number of ether oxygens (including phenoxy) is 1. The van der Waals surface area contributed by atoms with Crippen LogP contribution in [0.1, 0.15) is 0 Å². The third-order valence-corrected chi connectivity index (χ3v) is 5.90.